The molecule has 0 saturated heterocycles. The van der Waals surface area contributed by atoms with Gasteiger partial charge in [0, 0.05) is 0 Å². The first-order valence-corrected chi connectivity index (χ1v) is 13.2. The Morgan fingerprint density at radius 2 is 0.667 bits per heavy atom. The number of halogens is 12. The van der Waals surface area contributed by atoms with Crippen LogP contribution >= 0.6 is 0 Å². The molecule has 2 aromatic heterocycles. The Kier molecular flexibility index (Phi) is 14.3. The van der Waals surface area contributed by atoms with Crippen molar-refractivity contribution in [1.82, 2.24) is 9.97 Å². The molecule has 0 fully saturated rings. The molecule has 0 aliphatic rings. The maximum absolute atomic E-state index is 13.3. The van der Waals surface area contributed by atoms with Crippen LogP contribution in [-0.4, -0.2) is 28.2 Å². The van der Waals surface area contributed by atoms with Gasteiger partial charge in [-0.3, -0.25) is 0 Å². The molecule has 0 N–H and O–H groups in total. The van der Waals surface area contributed by atoms with Gasteiger partial charge in [-0.25, -0.2) is 0 Å². The molecular formula is C31H28F12N4Ti. The molecule has 2 aromatic carbocycles. The van der Waals surface area contributed by atoms with Gasteiger partial charge in [-0.05, 0) is 52.9 Å². The fourth-order valence-electron chi connectivity index (χ4n) is 4.08. The van der Waals surface area contributed by atoms with Crippen LogP contribution < -0.4 is 9.97 Å². The first kappa shape index (κ1) is 42.8. The van der Waals surface area contributed by atoms with Crippen LogP contribution in [0.2, 0.25) is 0 Å². The third-order valence-electron chi connectivity index (χ3n) is 6.33. The van der Waals surface area contributed by atoms with Crippen molar-refractivity contribution in [3.63, 3.8) is 0 Å². The van der Waals surface area contributed by atoms with Crippen LogP contribution in [0.1, 0.15) is 47.5 Å². The van der Waals surface area contributed by atoms with Crippen molar-refractivity contribution in [3.8, 4) is 22.5 Å². The number of nitrogens with zero attached hydrogens (tertiary/aromatic N) is 4. The molecule has 0 spiro atoms. The van der Waals surface area contributed by atoms with Crippen molar-refractivity contribution in [2.24, 2.45) is 0 Å². The van der Waals surface area contributed by atoms with Gasteiger partial charge in [0.25, 0.3) is 0 Å². The summed E-state index contributed by atoms with van der Waals surface area (Å²) in [5.41, 5.74) is -8.46. The van der Waals surface area contributed by atoms with Gasteiger partial charge in [-0.1, -0.05) is 38.1 Å². The Bertz CT molecular complexity index is 1430. The maximum atomic E-state index is 13.3. The minimum absolute atomic E-state index is 0. The van der Waals surface area contributed by atoms with Gasteiger partial charge in [-0.15, -0.1) is 11.4 Å². The Balaban J connectivity index is 0.00000153. The fraction of sp³-hybridized carbons (Fsp3) is 0.355. The van der Waals surface area contributed by atoms with E-state index in [4.69, 9.17) is 0 Å². The van der Waals surface area contributed by atoms with Crippen LogP contribution in [0.5, 0.6) is 0 Å². The molecule has 0 amide bonds. The second-order valence-corrected chi connectivity index (χ2v) is 10.5. The van der Waals surface area contributed by atoms with E-state index in [9.17, 15) is 52.7 Å². The van der Waals surface area contributed by atoms with Crippen LogP contribution in [0, 0.1) is 0 Å². The molecule has 4 aromatic rings. The summed E-state index contributed by atoms with van der Waals surface area (Å²) in [7, 11) is 7.00. The van der Waals surface area contributed by atoms with Gasteiger partial charge in [0.2, 0.25) is 0 Å². The number of aromatic nitrogens is 2. The molecule has 0 radical (unpaired) electrons. The summed E-state index contributed by atoms with van der Waals surface area (Å²) in [5.74, 6) is 0. The van der Waals surface area contributed by atoms with E-state index in [2.05, 4.69) is 20.6 Å². The SMILES string of the molecule is CC(C)(c1ccc(-c2cc(C(F)(F)F)cc(C(F)(F)F)c2)[n-]1)c1ccc(-c2cc(C(F)(F)F)cc(C(F)(F)F)c2)[n-]1.C[N-]C.C[N-]C.[Ti+4]. The topological polar surface area (TPSA) is 56.4 Å². The Morgan fingerprint density at radius 3 is 0.875 bits per heavy atom. The van der Waals surface area contributed by atoms with Crippen LogP contribution in [0.3, 0.4) is 0 Å². The minimum Gasteiger partial charge on any atom is -0.668 e. The summed E-state index contributed by atoms with van der Waals surface area (Å²) in [6.07, 6.45) is -20.3. The van der Waals surface area contributed by atoms with Crippen molar-refractivity contribution < 1.29 is 74.4 Å². The normalized spacial score (nSPS) is 12.4. The van der Waals surface area contributed by atoms with E-state index < -0.39 is 63.5 Å². The summed E-state index contributed by atoms with van der Waals surface area (Å²) in [5, 5.41) is 7.00. The van der Waals surface area contributed by atoms with Gasteiger partial charge < -0.3 is 20.6 Å². The van der Waals surface area contributed by atoms with Gasteiger partial charge in [-0.2, -0.15) is 92.3 Å². The standard InChI is InChI=1S/C27H16F12N2.2C2H6N.Ti/c1-23(2,21-5-3-19(40-21)13-7-15(24(28,29)30)11-16(8-13)25(31,32)33)22-6-4-20(41-22)14-9-17(26(34,35)36)12-18(10-14)27(37,38)39;2*1-3-2;/h3-12H,1-2H3;2*1-2H3;/q-2;2*-1;+4. The smallest absolute Gasteiger partial charge is 0.668 e. The van der Waals surface area contributed by atoms with Crippen molar-refractivity contribution in [2.45, 2.75) is 44.0 Å². The first-order chi connectivity index (χ1) is 21.4. The summed E-state index contributed by atoms with van der Waals surface area (Å²) in [6.45, 7) is 3.04. The molecule has 0 unspecified atom stereocenters. The average Bonchev–Trinajstić information content (AvgIpc) is 3.63. The molecular weight excluding hydrogens is 704 g/mol. The molecule has 2 heterocycles. The van der Waals surface area contributed by atoms with E-state index >= 15 is 0 Å². The van der Waals surface area contributed by atoms with Crippen LogP contribution in [0.25, 0.3) is 33.1 Å². The van der Waals surface area contributed by atoms with E-state index in [-0.39, 0.29) is 56.6 Å². The van der Waals surface area contributed by atoms with Crippen molar-refractivity contribution in [1.29, 1.82) is 0 Å². The zero-order chi connectivity index (χ0) is 36.2. The third kappa shape index (κ3) is 10.9. The maximum Gasteiger partial charge on any atom is 4.00 e. The van der Waals surface area contributed by atoms with Gasteiger partial charge in [0.1, 0.15) is 0 Å². The summed E-state index contributed by atoms with van der Waals surface area (Å²) in [6, 6.07) is 7.04. The van der Waals surface area contributed by atoms with Crippen LogP contribution in [0.4, 0.5) is 52.7 Å². The number of benzene rings is 2. The molecule has 260 valence electrons. The largest absolute Gasteiger partial charge is 4.00 e. The number of alkyl halides is 12. The first-order valence-electron chi connectivity index (χ1n) is 13.2. The number of hydrogen-bond donors (Lipinski definition) is 0. The molecule has 4 rings (SSSR count). The summed E-state index contributed by atoms with van der Waals surface area (Å²) in [4.78, 5) is 8.36. The quantitative estimate of drug-likeness (QED) is 0.155. The predicted molar refractivity (Wildman–Crippen MR) is 153 cm³/mol. The van der Waals surface area contributed by atoms with E-state index in [1.807, 2.05) is 0 Å². The van der Waals surface area contributed by atoms with E-state index in [1.165, 1.54) is 38.1 Å². The Labute approximate surface area is 283 Å². The monoisotopic (exact) mass is 732 g/mol. The molecule has 0 bridgehead atoms. The Morgan fingerprint density at radius 1 is 0.438 bits per heavy atom. The molecule has 0 atom stereocenters. The van der Waals surface area contributed by atoms with Crippen molar-refractivity contribution in [2.75, 3.05) is 28.2 Å². The van der Waals surface area contributed by atoms with Gasteiger partial charge in [0.05, 0.1) is 22.3 Å². The van der Waals surface area contributed by atoms with Gasteiger partial charge in [0.15, 0.2) is 0 Å². The number of rotatable bonds is 4. The molecule has 0 aliphatic heterocycles. The van der Waals surface area contributed by atoms with Gasteiger partial charge >= 0.3 is 46.4 Å². The second kappa shape index (κ2) is 16.0. The van der Waals surface area contributed by atoms with E-state index in [0.717, 1.165) is 0 Å². The third-order valence-corrected chi connectivity index (χ3v) is 6.33. The second-order valence-electron chi connectivity index (χ2n) is 10.5. The van der Waals surface area contributed by atoms with E-state index in [0.29, 0.717) is 24.3 Å². The molecule has 48 heavy (non-hydrogen) atoms. The zero-order valence-electron chi connectivity index (χ0n) is 26.1. The molecule has 0 saturated carbocycles. The van der Waals surface area contributed by atoms with Crippen molar-refractivity contribution in [3.05, 3.63) is 105 Å². The van der Waals surface area contributed by atoms with Crippen LogP contribution in [-0.2, 0) is 51.8 Å². The Hall–Kier alpha value is -3.21. The number of hydrogen-bond acceptors (Lipinski definition) is 0. The van der Waals surface area contributed by atoms with E-state index in [1.54, 1.807) is 28.2 Å². The molecule has 4 nitrogen and oxygen atoms in total. The average molecular weight is 732 g/mol. The minimum atomic E-state index is -5.07. The van der Waals surface area contributed by atoms with Crippen molar-refractivity contribution >= 4 is 0 Å². The van der Waals surface area contributed by atoms with Crippen LogP contribution in [0.15, 0.2) is 60.7 Å². The summed E-state index contributed by atoms with van der Waals surface area (Å²) < 4.78 is 159. The predicted octanol–water partition coefficient (Wildman–Crippen LogP) is 10.6. The zero-order valence-corrected chi connectivity index (χ0v) is 27.7. The molecule has 17 heteroatoms. The summed E-state index contributed by atoms with van der Waals surface area (Å²) >= 11 is 0. The fourth-order valence-corrected chi connectivity index (χ4v) is 4.08. The molecule has 0 aliphatic carbocycles.